The molecule has 0 aromatic rings. The maximum absolute atomic E-state index is 9.90. The van der Waals surface area contributed by atoms with Crippen molar-refractivity contribution in [3.05, 3.63) is 0 Å². The third kappa shape index (κ3) is 24.2. The highest BCUT2D eigenvalue weighted by Crippen LogP contribution is 1.98. The molecule has 0 rings (SSSR count). The van der Waals surface area contributed by atoms with Gasteiger partial charge in [-0.05, 0) is 39.2 Å². The van der Waals surface area contributed by atoms with E-state index in [0.717, 1.165) is 19.4 Å². The van der Waals surface area contributed by atoms with Crippen molar-refractivity contribution < 1.29 is 19.8 Å². The Kier molecular flexibility index (Phi) is 14.9. The molecule has 1 atom stereocenters. The zero-order valence-corrected chi connectivity index (χ0v) is 11.1. The Morgan fingerprint density at radius 1 is 1.00 bits per heavy atom. The molecule has 18 heavy (non-hydrogen) atoms. The standard InChI is InChI=1S/C6H16N2.C6H10O4/c1-6(8)4-2-3-5-7;7-5(8)3-1-2-4-6(9)10/h6H,2-5,7-8H2,1H3;1-4H2,(H,7,8)(H,9,10). The number of carbonyl (C=O) groups is 2. The lowest BCUT2D eigenvalue weighted by Crippen LogP contribution is -2.14. The summed E-state index contributed by atoms with van der Waals surface area (Å²) in [6, 6.07) is 0.349. The number of carboxylic acids is 2. The van der Waals surface area contributed by atoms with Gasteiger partial charge in [0.2, 0.25) is 0 Å². The summed E-state index contributed by atoms with van der Waals surface area (Å²) in [4.78, 5) is 19.8. The third-order valence-electron chi connectivity index (χ3n) is 2.14. The maximum Gasteiger partial charge on any atom is 0.303 e. The van der Waals surface area contributed by atoms with Crippen LogP contribution in [0.25, 0.3) is 0 Å². The second-order valence-electron chi connectivity index (χ2n) is 4.26. The van der Waals surface area contributed by atoms with Gasteiger partial charge in [0, 0.05) is 18.9 Å². The van der Waals surface area contributed by atoms with Gasteiger partial charge >= 0.3 is 11.9 Å². The monoisotopic (exact) mass is 262 g/mol. The molecular weight excluding hydrogens is 236 g/mol. The van der Waals surface area contributed by atoms with Crippen LogP contribution >= 0.6 is 0 Å². The number of hydrogen-bond acceptors (Lipinski definition) is 4. The molecule has 0 radical (unpaired) electrons. The van der Waals surface area contributed by atoms with Gasteiger partial charge in [-0.2, -0.15) is 0 Å². The van der Waals surface area contributed by atoms with E-state index >= 15 is 0 Å². The van der Waals surface area contributed by atoms with Crippen molar-refractivity contribution in [1.82, 2.24) is 0 Å². The Morgan fingerprint density at radius 3 is 1.72 bits per heavy atom. The van der Waals surface area contributed by atoms with E-state index in [0.29, 0.717) is 18.9 Å². The van der Waals surface area contributed by atoms with Crippen molar-refractivity contribution in [2.75, 3.05) is 6.54 Å². The minimum atomic E-state index is -0.870. The van der Waals surface area contributed by atoms with Crippen LogP contribution in [0, 0.1) is 0 Å². The first-order valence-electron chi connectivity index (χ1n) is 6.29. The molecule has 0 bridgehead atoms. The minimum absolute atomic E-state index is 0.0628. The Balaban J connectivity index is 0. The molecule has 108 valence electrons. The minimum Gasteiger partial charge on any atom is -0.481 e. The quantitative estimate of drug-likeness (QED) is 0.462. The zero-order chi connectivity index (χ0) is 14.4. The number of carboxylic acid groups (broad SMARTS) is 2. The summed E-state index contributed by atoms with van der Waals surface area (Å²) in [5, 5.41) is 16.3. The second-order valence-corrected chi connectivity index (χ2v) is 4.26. The van der Waals surface area contributed by atoms with E-state index in [9.17, 15) is 9.59 Å². The van der Waals surface area contributed by atoms with E-state index < -0.39 is 11.9 Å². The van der Waals surface area contributed by atoms with Gasteiger partial charge in [0.15, 0.2) is 0 Å². The Bertz CT molecular complexity index is 204. The van der Waals surface area contributed by atoms with E-state index in [4.69, 9.17) is 21.7 Å². The fraction of sp³-hybridized carbons (Fsp3) is 0.833. The van der Waals surface area contributed by atoms with Crippen LogP contribution in [0.4, 0.5) is 0 Å². The molecule has 0 aliphatic heterocycles. The van der Waals surface area contributed by atoms with Gasteiger partial charge in [0.05, 0.1) is 0 Å². The van der Waals surface area contributed by atoms with Crippen LogP contribution in [-0.2, 0) is 9.59 Å². The molecule has 0 aliphatic rings. The molecule has 0 amide bonds. The summed E-state index contributed by atoms with van der Waals surface area (Å²) in [7, 11) is 0. The van der Waals surface area contributed by atoms with Crippen LogP contribution in [0.3, 0.4) is 0 Å². The van der Waals surface area contributed by atoms with Gasteiger partial charge in [0.25, 0.3) is 0 Å². The summed E-state index contributed by atoms with van der Waals surface area (Å²) >= 11 is 0. The lowest BCUT2D eigenvalue weighted by Gasteiger charge is -2.01. The normalized spacial score (nSPS) is 11.3. The first-order chi connectivity index (χ1) is 8.40. The summed E-state index contributed by atoms with van der Waals surface area (Å²) < 4.78 is 0. The molecule has 6 heteroatoms. The molecule has 0 aromatic carbocycles. The van der Waals surface area contributed by atoms with Crippen molar-refractivity contribution in [3.63, 3.8) is 0 Å². The fourth-order valence-corrected chi connectivity index (χ4v) is 1.16. The highest BCUT2D eigenvalue weighted by atomic mass is 16.4. The summed E-state index contributed by atoms with van der Waals surface area (Å²) in [6.45, 7) is 2.82. The number of aliphatic carboxylic acids is 2. The number of rotatable bonds is 9. The number of nitrogens with two attached hydrogens (primary N) is 2. The van der Waals surface area contributed by atoms with Crippen LogP contribution in [-0.4, -0.2) is 34.7 Å². The lowest BCUT2D eigenvalue weighted by atomic mass is 10.1. The average molecular weight is 262 g/mol. The first-order valence-corrected chi connectivity index (χ1v) is 6.29. The maximum atomic E-state index is 9.90. The van der Waals surface area contributed by atoms with Crippen LogP contribution in [0.5, 0.6) is 0 Å². The zero-order valence-electron chi connectivity index (χ0n) is 11.1. The Labute approximate surface area is 108 Å². The highest BCUT2D eigenvalue weighted by molar-refractivity contribution is 5.67. The molecule has 0 spiro atoms. The van der Waals surface area contributed by atoms with Gasteiger partial charge in [-0.3, -0.25) is 9.59 Å². The van der Waals surface area contributed by atoms with Crippen molar-refractivity contribution >= 4 is 11.9 Å². The van der Waals surface area contributed by atoms with Crippen LogP contribution < -0.4 is 11.5 Å². The fourth-order valence-electron chi connectivity index (χ4n) is 1.16. The predicted octanol–water partition coefficient (Wildman–Crippen LogP) is 1.18. The highest BCUT2D eigenvalue weighted by Gasteiger charge is 1.99. The average Bonchev–Trinajstić information content (AvgIpc) is 2.25. The molecule has 0 aromatic heterocycles. The largest absolute Gasteiger partial charge is 0.481 e. The van der Waals surface area contributed by atoms with Crippen molar-refractivity contribution in [2.24, 2.45) is 11.5 Å². The van der Waals surface area contributed by atoms with Crippen molar-refractivity contribution in [1.29, 1.82) is 0 Å². The lowest BCUT2D eigenvalue weighted by molar-refractivity contribution is -0.139. The van der Waals surface area contributed by atoms with Gasteiger partial charge < -0.3 is 21.7 Å². The van der Waals surface area contributed by atoms with E-state index in [1.165, 1.54) is 6.42 Å². The van der Waals surface area contributed by atoms with Gasteiger partial charge in [0.1, 0.15) is 0 Å². The van der Waals surface area contributed by atoms with E-state index in [1.54, 1.807) is 0 Å². The molecule has 0 saturated heterocycles. The van der Waals surface area contributed by atoms with Crippen LogP contribution in [0.2, 0.25) is 0 Å². The molecule has 1 unspecified atom stereocenters. The van der Waals surface area contributed by atoms with Gasteiger partial charge in [-0.15, -0.1) is 0 Å². The molecule has 0 aliphatic carbocycles. The van der Waals surface area contributed by atoms with E-state index in [-0.39, 0.29) is 12.8 Å². The van der Waals surface area contributed by atoms with Crippen LogP contribution in [0.1, 0.15) is 51.9 Å². The Hall–Kier alpha value is -1.14. The predicted molar refractivity (Wildman–Crippen MR) is 70.3 cm³/mol. The molecule has 0 heterocycles. The summed E-state index contributed by atoms with van der Waals surface area (Å²) in [5.41, 5.74) is 10.8. The molecule has 6 nitrogen and oxygen atoms in total. The van der Waals surface area contributed by atoms with Gasteiger partial charge in [-0.25, -0.2) is 0 Å². The molecule has 0 saturated carbocycles. The summed E-state index contributed by atoms with van der Waals surface area (Å²) in [6.07, 6.45) is 4.41. The molecule has 0 fully saturated rings. The Morgan fingerprint density at radius 2 is 1.44 bits per heavy atom. The van der Waals surface area contributed by atoms with Crippen LogP contribution in [0.15, 0.2) is 0 Å². The second kappa shape index (κ2) is 13.9. The van der Waals surface area contributed by atoms with Crippen molar-refractivity contribution in [2.45, 2.75) is 57.9 Å². The molecular formula is C12H26N2O4. The third-order valence-corrected chi connectivity index (χ3v) is 2.14. The number of hydrogen-bond donors (Lipinski definition) is 4. The van der Waals surface area contributed by atoms with Gasteiger partial charge in [-0.1, -0.05) is 6.42 Å². The SMILES string of the molecule is CC(N)CCCCN.O=C(O)CCCCC(=O)O. The van der Waals surface area contributed by atoms with E-state index in [2.05, 4.69) is 0 Å². The van der Waals surface area contributed by atoms with Crippen molar-refractivity contribution in [3.8, 4) is 0 Å². The molecule has 6 N–H and O–H groups in total. The summed E-state index contributed by atoms with van der Waals surface area (Å²) in [5.74, 6) is -1.74. The first kappa shape index (κ1) is 19.2. The number of unbranched alkanes of at least 4 members (excludes halogenated alkanes) is 2. The topological polar surface area (TPSA) is 127 Å². The van der Waals surface area contributed by atoms with E-state index in [1.807, 2.05) is 6.92 Å². The smallest absolute Gasteiger partial charge is 0.303 e.